The lowest BCUT2D eigenvalue weighted by atomic mass is 10.0. The number of hydrogen-bond acceptors (Lipinski definition) is 3. The third-order valence-corrected chi connectivity index (χ3v) is 4.10. The van der Waals surface area contributed by atoms with Gasteiger partial charge in [0.05, 0.1) is 0 Å². The van der Waals surface area contributed by atoms with Gasteiger partial charge in [-0.05, 0) is 22.6 Å². The van der Waals surface area contributed by atoms with E-state index in [1.165, 1.54) is 14.3 Å². The smallest absolute Gasteiger partial charge is 0.136 e. The Morgan fingerprint density at radius 1 is 1.29 bits per heavy atom. The molecule has 1 aliphatic heterocycles. The van der Waals surface area contributed by atoms with Crippen LogP contribution in [0.3, 0.4) is 0 Å². The van der Waals surface area contributed by atoms with E-state index in [0.29, 0.717) is 5.92 Å². The van der Waals surface area contributed by atoms with Crippen LogP contribution in [0, 0.1) is 9.49 Å². The van der Waals surface area contributed by atoms with Crippen molar-refractivity contribution in [2.75, 3.05) is 24.6 Å². The summed E-state index contributed by atoms with van der Waals surface area (Å²) in [7, 11) is 0. The molecule has 0 amide bonds. The second-order valence-electron chi connectivity index (χ2n) is 4.43. The number of rotatable bonds is 2. The van der Waals surface area contributed by atoms with Crippen molar-refractivity contribution >= 4 is 39.2 Å². The number of aliphatic hydroxyl groups is 1. The Balaban J connectivity index is 2.03. The zero-order valence-electron chi connectivity index (χ0n) is 9.31. The van der Waals surface area contributed by atoms with Gasteiger partial charge < -0.3 is 10.0 Å². The molecule has 1 aliphatic rings. The van der Waals surface area contributed by atoms with Crippen LogP contribution in [-0.4, -0.2) is 29.8 Å². The molecule has 0 spiro atoms. The summed E-state index contributed by atoms with van der Waals surface area (Å²) in [6.45, 7) is 2.10. The van der Waals surface area contributed by atoms with Crippen LogP contribution in [0.1, 0.15) is 0 Å². The van der Waals surface area contributed by atoms with Gasteiger partial charge in [0, 0.05) is 46.2 Å². The molecule has 4 heteroatoms. The Morgan fingerprint density at radius 3 is 2.71 bits per heavy atom. The molecule has 0 radical (unpaired) electrons. The maximum Gasteiger partial charge on any atom is 0.136 e. The Bertz CT molecular complexity index is 552. The quantitative estimate of drug-likeness (QED) is 0.852. The molecule has 3 rings (SSSR count). The van der Waals surface area contributed by atoms with Gasteiger partial charge in [0.15, 0.2) is 0 Å². The Kier molecular flexibility index (Phi) is 2.92. The first kappa shape index (κ1) is 11.2. The lowest BCUT2D eigenvalue weighted by Gasteiger charge is -2.39. The van der Waals surface area contributed by atoms with Gasteiger partial charge in [-0.25, -0.2) is 4.98 Å². The molecule has 2 aromatic rings. The first-order chi connectivity index (χ1) is 8.29. The largest absolute Gasteiger partial charge is 0.396 e. The average molecular weight is 340 g/mol. The Morgan fingerprint density at radius 2 is 2.00 bits per heavy atom. The molecule has 0 unspecified atom stereocenters. The average Bonchev–Trinajstić information content (AvgIpc) is 2.31. The standard InChI is InChI=1S/C13H13IN2O/c14-12-5-15-13(16-6-9(7-16)8-17)11-4-2-1-3-10(11)12/h1-5,9,17H,6-8H2. The van der Waals surface area contributed by atoms with Crippen LogP contribution >= 0.6 is 22.6 Å². The first-order valence-corrected chi connectivity index (χ1v) is 6.76. The number of aromatic nitrogens is 1. The normalized spacial score (nSPS) is 16.2. The van der Waals surface area contributed by atoms with Gasteiger partial charge in [-0.15, -0.1) is 0 Å². The molecule has 3 nitrogen and oxygen atoms in total. The predicted octanol–water partition coefficient (Wildman–Crippen LogP) is 2.27. The van der Waals surface area contributed by atoms with E-state index >= 15 is 0 Å². The molecule has 0 atom stereocenters. The molecule has 1 aromatic heterocycles. The van der Waals surface area contributed by atoms with Crippen molar-refractivity contribution in [2.45, 2.75) is 0 Å². The molecule has 0 aliphatic carbocycles. The summed E-state index contributed by atoms with van der Waals surface area (Å²) in [6.07, 6.45) is 1.92. The zero-order chi connectivity index (χ0) is 11.8. The van der Waals surface area contributed by atoms with Crippen LogP contribution in [0.25, 0.3) is 10.8 Å². The number of pyridine rings is 1. The topological polar surface area (TPSA) is 36.4 Å². The maximum absolute atomic E-state index is 9.06. The van der Waals surface area contributed by atoms with Gasteiger partial charge in [0.25, 0.3) is 0 Å². The fourth-order valence-electron chi connectivity index (χ4n) is 2.25. The lowest BCUT2D eigenvalue weighted by Crippen LogP contribution is -2.48. The number of nitrogens with zero attached hydrogens (tertiary/aromatic N) is 2. The lowest BCUT2D eigenvalue weighted by molar-refractivity contribution is 0.200. The van der Waals surface area contributed by atoms with Crippen LogP contribution in [0.2, 0.25) is 0 Å². The van der Waals surface area contributed by atoms with Crippen molar-refractivity contribution in [3.05, 3.63) is 34.0 Å². The van der Waals surface area contributed by atoms with E-state index in [1.807, 2.05) is 12.3 Å². The molecular weight excluding hydrogens is 327 g/mol. The van der Waals surface area contributed by atoms with Crippen molar-refractivity contribution in [1.82, 2.24) is 4.98 Å². The molecule has 0 bridgehead atoms. The molecule has 0 saturated carbocycles. The van der Waals surface area contributed by atoms with Crippen molar-refractivity contribution < 1.29 is 5.11 Å². The van der Waals surface area contributed by atoms with E-state index in [2.05, 4.69) is 50.7 Å². The van der Waals surface area contributed by atoms with Crippen LogP contribution < -0.4 is 4.90 Å². The van der Waals surface area contributed by atoms with Gasteiger partial charge in [0.1, 0.15) is 5.82 Å². The molecule has 1 N–H and O–H groups in total. The molecule has 1 fully saturated rings. The van der Waals surface area contributed by atoms with Crippen molar-refractivity contribution in [1.29, 1.82) is 0 Å². The van der Waals surface area contributed by atoms with Gasteiger partial charge in [0.2, 0.25) is 0 Å². The van der Waals surface area contributed by atoms with Gasteiger partial charge in [-0.3, -0.25) is 0 Å². The fourth-order valence-corrected chi connectivity index (χ4v) is 2.86. The fraction of sp³-hybridized carbons (Fsp3) is 0.308. The first-order valence-electron chi connectivity index (χ1n) is 5.68. The molecular formula is C13H13IN2O. The Labute approximate surface area is 114 Å². The highest BCUT2D eigenvalue weighted by Gasteiger charge is 2.28. The number of anilines is 1. The minimum Gasteiger partial charge on any atom is -0.396 e. The number of halogens is 1. The van der Waals surface area contributed by atoms with Crippen molar-refractivity contribution in [2.24, 2.45) is 5.92 Å². The van der Waals surface area contributed by atoms with Crippen LogP contribution in [0.5, 0.6) is 0 Å². The van der Waals surface area contributed by atoms with Gasteiger partial charge in [-0.1, -0.05) is 24.3 Å². The second kappa shape index (κ2) is 4.42. The van der Waals surface area contributed by atoms with Gasteiger partial charge >= 0.3 is 0 Å². The van der Waals surface area contributed by atoms with Crippen LogP contribution in [0.4, 0.5) is 5.82 Å². The zero-order valence-corrected chi connectivity index (χ0v) is 11.5. The van der Waals surface area contributed by atoms with Crippen LogP contribution in [0.15, 0.2) is 30.5 Å². The monoisotopic (exact) mass is 340 g/mol. The van der Waals surface area contributed by atoms with E-state index in [1.54, 1.807) is 0 Å². The highest BCUT2D eigenvalue weighted by atomic mass is 127. The van der Waals surface area contributed by atoms with Crippen LogP contribution in [-0.2, 0) is 0 Å². The molecule has 17 heavy (non-hydrogen) atoms. The third kappa shape index (κ3) is 1.89. The second-order valence-corrected chi connectivity index (χ2v) is 5.59. The van der Waals surface area contributed by atoms with E-state index in [-0.39, 0.29) is 6.61 Å². The van der Waals surface area contributed by atoms with Crippen molar-refractivity contribution in [3.63, 3.8) is 0 Å². The highest BCUT2D eigenvalue weighted by molar-refractivity contribution is 14.1. The van der Waals surface area contributed by atoms with Crippen molar-refractivity contribution in [3.8, 4) is 0 Å². The summed E-state index contributed by atoms with van der Waals surface area (Å²) < 4.78 is 1.18. The van der Waals surface area contributed by atoms with Gasteiger partial charge in [-0.2, -0.15) is 0 Å². The van der Waals surface area contributed by atoms with E-state index in [9.17, 15) is 0 Å². The summed E-state index contributed by atoms with van der Waals surface area (Å²) >= 11 is 2.32. The molecule has 88 valence electrons. The molecule has 2 heterocycles. The molecule has 1 aromatic carbocycles. The predicted molar refractivity (Wildman–Crippen MR) is 77.2 cm³/mol. The summed E-state index contributed by atoms with van der Waals surface area (Å²) in [5.74, 6) is 1.46. The van der Waals surface area contributed by atoms with E-state index in [4.69, 9.17) is 5.11 Å². The summed E-state index contributed by atoms with van der Waals surface area (Å²) in [5.41, 5.74) is 0. The number of hydrogen-bond donors (Lipinski definition) is 1. The number of fused-ring (bicyclic) bond motifs is 1. The minimum atomic E-state index is 0.277. The number of aliphatic hydroxyl groups excluding tert-OH is 1. The maximum atomic E-state index is 9.06. The minimum absolute atomic E-state index is 0.277. The van der Waals surface area contributed by atoms with E-state index < -0.39 is 0 Å². The van der Waals surface area contributed by atoms with E-state index in [0.717, 1.165) is 18.9 Å². The summed E-state index contributed by atoms with van der Waals surface area (Å²) in [4.78, 5) is 6.77. The summed E-state index contributed by atoms with van der Waals surface area (Å²) in [6, 6.07) is 8.35. The highest BCUT2D eigenvalue weighted by Crippen LogP contribution is 2.31. The molecule has 1 saturated heterocycles. The third-order valence-electron chi connectivity index (χ3n) is 3.24. The Hall–Kier alpha value is -0.880. The SMILES string of the molecule is OCC1CN(c2ncc(I)c3ccccc23)C1. The summed E-state index contributed by atoms with van der Waals surface area (Å²) in [5, 5.41) is 11.5. The number of benzene rings is 1.